The van der Waals surface area contributed by atoms with Crippen molar-refractivity contribution in [3.05, 3.63) is 22.9 Å². The molecule has 1 atom stereocenters. The van der Waals surface area contributed by atoms with Gasteiger partial charge in [-0.25, -0.2) is 4.98 Å². The Morgan fingerprint density at radius 3 is 3.00 bits per heavy atom. The molecule has 16 heavy (non-hydrogen) atoms. The van der Waals surface area contributed by atoms with E-state index in [-0.39, 0.29) is 11.9 Å². The van der Waals surface area contributed by atoms with E-state index in [1.165, 1.54) is 0 Å². The highest BCUT2D eigenvalue weighted by atomic mass is 79.9. The lowest BCUT2D eigenvalue weighted by atomic mass is 10.0. The molecular formula is C11H14BrN3O. The van der Waals surface area contributed by atoms with Gasteiger partial charge in [0.25, 0.3) is 0 Å². The van der Waals surface area contributed by atoms with Gasteiger partial charge in [-0.15, -0.1) is 0 Å². The Balaban J connectivity index is 1.93. The predicted octanol–water partition coefficient (Wildman–Crippen LogP) is 1.92. The number of pyridine rings is 1. The minimum absolute atomic E-state index is 0.0313. The minimum Gasteiger partial charge on any atom is -0.323 e. The number of carbonyl (C=O) groups is 1. The third-order valence-electron chi connectivity index (χ3n) is 2.62. The molecular weight excluding hydrogens is 270 g/mol. The molecule has 1 aliphatic heterocycles. The van der Waals surface area contributed by atoms with Crippen molar-refractivity contribution in [2.75, 3.05) is 11.9 Å². The smallest absolute Gasteiger partial charge is 0.241 e. The van der Waals surface area contributed by atoms with Gasteiger partial charge in [-0.2, -0.15) is 0 Å². The van der Waals surface area contributed by atoms with Crippen LogP contribution in [0.3, 0.4) is 0 Å². The first-order chi connectivity index (χ1) is 7.75. The average Bonchev–Trinajstić information content (AvgIpc) is 2.33. The van der Waals surface area contributed by atoms with Gasteiger partial charge in [-0.05, 0) is 47.4 Å². The highest BCUT2D eigenvalue weighted by molar-refractivity contribution is 9.10. The fraction of sp³-hybridized carbons (Fsp3) is 0.455. The van der Waals surface area contributed by atoms with Crippen LogP contribution in [-0.4, -0.2) is 23.5 Å². The molecule has 1 fully saturated rings. The van der Waals surface area contributed by atoms with Crippen LogP contribution in [0.4, 0.5) is 5.69 Å². The first kappa shape index (κ1) is 11.5. The Morgan fingerprint density at radius 2 is 2.38 bits per heavy atom. The van der Waals surface area contributed by atoms with Crippen molar-refractivity contribution in [1.82, 2.24) is 10.3 Å². The molecule has 2 heterocycles. The van der Waals surface area contributed by atoms with Crippen molar-refractivity contribution in [3.8, 4) is 0 Å². The number of piperidine rings is 1. The van der Waals surface area contributed by atoms with Gasteiger partial charge in [0.1, 0.15) is 4.60 Å². The van der Waals surface area contributed by atoms with Gasteiger partial charge < -0.3 is 10.6 Å². The number of halogens is 1. The summed E-state index contributed by atoms with van der Waals surface area (Å²) >= 11 is 3.25. The molecule has 1 saturated heterocycles. The van der Waals surface area contributed by atoms with Gasteiger partial charge in [0.2, 0.25) is 5.91 Å². The van der Waals surface area contributed by atoms with Gasteiger partial charge in [0, 0.05) is 0 Å². The van der Waals surface area contributed by atoms with E-state index in [0.29, 0.717) is 0 Å². The summed E-state index contributed by atoms with van der Waals surface area (Å²) in [6.07, 6.45) is 4.83. The first-order valence-corrected chi connectivity index (χ1v) is 6.21. The zero-order chi connectivity index (χ0) is 11.4. The number of anilines is 1. The van der Waals surface area contributed by atoms with Crippen molar-refractivity contribution in [3.63, 3.8) is 0 Å². The van der Waals surface area contributed by atoms with Crippen LogP contribution >= 0.6 is 15.9 Å². The molecule has 0 aromatic carbocycles. The third-order valence-corrected chi connectivity index (χ3v) is 3.09. The Kier molecular flexibility index (Phi) is 3.90. The molecule has 4 nitrogen and oxygen atoms in total. The molecule has 2 N–H and O–H groups in total. The minimum atomic E-state index is -0.0580. The number of amides is 1. The first-order valence-electron chi connectivity index (χ1n) is 5.41. The maximum absolute atomic E-state index is 11.8. The second kappa shape index (κ2) is 5.41. The molecule has 1 aromatic heterocycles. The quantitative estimate of drug-likeness (QED) is 0.816. The predicted molar refractivity (Wildman–Crippen MR) is 66.2 cm³/mol. The van der Waals surface area contributed by atoms with Gasteiger partial charge in [-0.1, -0.05) is 6.42 Å². The van der Waals surface area contributed by atoms with Crippen molar-refractivity contribution in [2.45, 2.75) is 25.3 Å². The average molecular weight is 284 g/mol. The summed E-state index contributed by atoms with van der Waals surface area (Å²) < 4.78 is 0.765. The number of rotatable bonds is 2. The molecule has 0 aliphatic carbocycles. The van der Waals surface area contributed by atoms with Gasteiger partial charge >= 0.3 is 0 Å². The summed E-state index contributed by atoms with van der Waals surface area (Å²) in [7, 11) is 0. The van der Waals surface area contributed by atoms with Gasteiger partial charge in [0.15, 0.2) is 0 Å². The van der Waals surface area contributed by atoms with E-state index in [9.17, 15) is 4.79 Å². The Hall–Kier alpha value is -0.940. The monoisotopic (exact) mass is 283 g/mol. The van der Waals surface area contributed by atoms with Gasteiger partial charge in [-0.3, -0.25) is 4.79 Å². The van der Waals surface area contributed by atoms with Crippen LogP contribution in [-0.2, 0) is 4.79 Å². The molecule has 0 saturated carbocycles. The Bertz CT molecular complexity index is 360. The second-order valence-electron chi connectivity index (χ2n) is 3.86. The van der Waals surface area contributed by atoms with Crippen molar-refractivity contribution >= 4 is 27.5 Å². The zero-order valence-corrected chi connectivity index (χ0v) is 10.5. The summed E-state index contributed by atoms with van der Waals surface area (Å²) in [5, 5.41) is 6.06. The number of hydrogen-bond donors (Lipinski definition) is 2. The van der Waals surface area contributed by atoms with E-state index in [0.717, 1.165) is 36.1 Å². The molecule has 0 radical (unpaired) electrons. The van der Waals surface area contributed by atoms with E-state index in [1.54, 1.807) is 6.20 Å². The van der Waals surface area contributed by atoms with E-state index in [4.69, 9.17) is 0 Å². The molecule has 86 valence electrons. The molecule has 5 heteroatoms. The summed E-state index contributed by atoms with van der Waals surface area (Å²) in [4.78, 5) is 15.9. The lowest BCUT2D eigenvalue weighted by Gasteiger charge is -2.22. The number of nitrogens with zero attached hydrogens (tertiary/aromatic N) is 1. The van der Waals surface area contributed by atoms with Crippen LogP contribution in [0.5, 0.6) is 0 Å². The summed E-state index contributed by atoms with van der Waals surface area (Å²) in [5.41, 5.74) is 0.737. The van der Waals surface area contributed by atoms with Crippen LogP contribution < -0.4 is 10.6 Å². The third kappa shape index (κ3) is 3.02. The van der Waals surface area contributed by atoms with E-state index >= 15 is 0 Å². The van der Waals surface area contributed by atoms with Crippen LogP contribution in [0.25, 0.3) is 0 Å². The number of carbonyl (C=O) groups excluding carboxylic acids is 1. The fourth-order valence-electron chi connectivity index (χ4n) is 1.75. The Morgan fingerprint density at radius 1 is 1.50 bits per heavy atom. The molecule has 1 aliphatic rings. The van der Waals surface area contributed by atoms with Crippen LogP contribution in [0, 0.1) is 0 Å². The molecule has 0 bridgehead atoms. The Labute approximate surface area is 103 Å². The highest BCUT2D eigenvalue weighted by Crippen LogP contribution is 2.13. The standard InChI is InChI=1S/C11H14BrN3O/c12-10-5-4-8(7-14-10)15-11(16)9-3-1-2-6-13-9/h4-5,7,9,13H,1-3,6H2,(H,15,16). The van der Waals surface area contributed by atoms with Crippen molar-refractivity contribution < 1.29 is 4.79 Å². The summed E-state index contributed by atoms with van der Waals surface area (Å²) in [6, 6.07) is 3.58. The number of aromatic nitrogens is 1. The van der Waals surface area contributed by atoms with Crippen LogP contribution in [0.1, 0.15) is 19.3 Å². The zero-order valence-electron chi connectivity index (χ0n) is 8.87. The summed E-state index contributed by atoms with van der Waals surface area (Å²) in [5.74, 6) is 0.0313. The molecule has 0 spiro atoms. The van der Waals surface area contributed by atoms with E-state index < -0.39 is 0 Å². The lowest BCUT2D eigenvalue weighted by molar-refractivity contribution is -0.118. The largest absolute Gasteiger partial charge is 0.323 e. The number of hydrogen-bond acceptors (Lipinski definition) is 3. The fourth-order valence-corrected chi connectivity index (χ4v) is 1.99. The van der Waals surface area contributed by atoms with Crippen molar-refractivity contribution in [1.29, 1.82) is 0 Å². The van der Waals surface area contributed by atoms with Crippen molar-refractivity contribution in [2.24, 2.45) is 0 Å². The molecule has 1 amide bonds. The maximum Gasteiger partial charge on any atom is 0.241 e. The molecule has 2 rings (SSSR count). The van der Waals surface area contributed by atoms with Gasteiger partial charge in [0.05, 0.1) is 17.9 Å². The maximum atomic E-state index is 11.8. The van der Waals surface area contributed by atoms with E-state index in [2.05, 4.69) is 31.5 Å². The molecule has 1 unspecified atom stereocenters. The lowest BCUT2D eigenvalue weighted by Crippen LogP contribution is -2.43. The van der Waals surface area contributed by atoms with Crippen LogP contribution in [0.15, 0.2) is 22.9 Å². The normalized spacial score (nSPS) is 20.4. The number of nitrogens with one attached hydrogen (secondary N) is 2. The van der Waals surface area contributed by atoms with E-state index in [1.807, 2.05) is 12.1 Å². The SMILES string of the molecule is O=C(Nc1ccc(Br)nc1)C1CCCCN1. The second-order valence-corrected chi connectivity index (χ2v) is 4.67. The molecule has 1 aromatic rings. The highest BCUT2D eigenvalue weighted by Gasteiger charge is 2.20. The topological polar surface area (TPSA) is 54.0 Å². The summed E-state index contributed by atoms with van der Waals surface area (Å²) in [6.45, 7) is 0.927. The van der Waals surface area contributed by atoms with Crippen LogP contribution in [0.2, 0.25) is 0 Å².